The standard InChI is InChI=1S/C18H27N3O5S/c1-13(18(22)19-14-4-5-14)20-8-10-21(11-9-20)27(23,24)15-6-7-16(25-2)17(12-15)26-3/h6-7,12-14H,4-5,8-11H2,1-3H3,(H,19,22)/t13-/m0/s1. The summed E-state index contributed by atoms with van der Waals surface area (Å²) in [6.07, 6.45) is 2.10. The number of carbonyl (C=O) groups excluding carboxylic acids is 1. The quantitative estimate of drug-likeness (QED) is 0.728. The topological polar surface area (TPSA) is 88.2 Å². The number of benzene rings is 1. The van der Waals surface area contributed by atoms with E-state index in [9.17, 15) is 13.2 Å². The number of methoxy groups -OCH3 is 2. The molecule has 27 heavy (non-hydrogen) atoms. The third-order valence-electron chi connectivity index (χ3n) is 5.12. The van der Waals surface area contributed by atoms with Crippen LogP contribution in [0.3, 0.4) is 0 Å². The Morgan fingerprint density at radius 3 is 2.30 bits per heavy atom. The molecule has 0 radical (unpaired) electrons. The van der Waals surface area contributed by atoms with Crippen LogP contribution in [0, 0.1) is 0 Å². The summed E-state index contributed by atoms with van der Waals surface area (Å²) in [4.78, 5) is 14.4. The molecule has 2 fully saturated rings. The van der Waals surface area contributed by atoms with Gasteiger partial charge in [0.2, 0.25) is 15.9 Å². The van der Waals surface area contributed by atoms with Gasteiger partial charge in [-0.15, -0.1) is 0 Å². The van der Waals surface area contributed by atoms with Gasteiger partial charge in [-0.05, 0) is 31.9 Å². The molecule has 1 heterocycles. The molecule has 1 saturated carbocycles. The van der Waals surface area contributed by atoms with Gasteiger partial charge in [0.1, 0.15) is 0 Å². The third-order valence-corrected chi connectivity index (χ3v) is 7.01. The van der Waals surface area contributed by atoms with E-state index in [4.69, 9.17) is 9.47 Å². The maximum Gasteiger partial charge on any atom is 0.243 e. The van der Waals surface area contributed by atoms with Gasteiger partial charge < -0.3 is 14.8 Å². The van der Waals surface area contributed by atoms with Gasteiger partial charge >= 0.3 is 0 Å². The molecule has 1 aliphatic carbocycles. The van der Waals surface area contributed by atoms with Crippen molar-refractivity contribution in [3.8, 4) is 11.5 Å². The van der Waals surface area contributed by atoms with Crippen LogP contribution >= 0.6 is 0 Å². The van der Waals surface area contributed by atoms with Gasteiger partial charge in [0.15, 0.2) is 11.5 Å². The summed E-state index contributed by atoms with van der Waals surface area (Å²) < 4.78 is 37.7. The molecule has 1 aliphatic heterocycles. The lowest BCUT2D eigenvalue weighted by molar-refractivity contribution is -0.126. The summed E-state index contributed by atoms with van der Waals surface area (Å²) in [5.74, 6) is 0.882. The van der Waals surface area contributed by atoms with E-state index < -0.39 is 10.0 Å². The molecule has 0 aromatic heterocycles. The molecule has 1 aromatic rings. The molecule has 150 valence electrons. The highest BCUT2D eigenvalue weighted by atomic mass is 32.2. The molecule has 0 unspecified atom stereocenters. The molecule has 3 rings (SSSR count). The van der Waals surface area contributed by atoms with Crippen molar-refractivity contribution in [1.29, 1.82) is 0 Å². The van der Waals surface area contributed by atoms with Crippen LogP contribution < -0.4 is 14.8 Å². The SMILES string of the molecule is COc1ccc(S(=O)(=O)N2CCN([C@@H](C)C(=O)NC3CC3)CC2)cc1OC. The molecule has 9 heteroatoms. The molecular formula is C18H27N3O5S. The number of ether oxygens (including phenoxy) is 2. The van der Waals surface area contributed by atoms with Crippen LogP contribution in [0.2, 0.25) is 0 Å². The van der Waals surface area contributed by atoms with E-state index >= 15 is 0 Å². The average molecular weight is 397 g/mol. The Morgan fingerprint density at radius 2 is 1.74 bits per heavy atom. The first kappa shape index (κ1) is 19.9. The molecule has 2 aliphatic rings. The summed E-state index contributed by atoms with van der Waals surface area (Å²) in [6, 6.07) is 4.66. The third kappa shape index (κ3) is 4.36. The second kappa shape index (κ2) is 8.04. The molecule has 1 saturated heterocycles. The molecule has 1 atom stereocenters. The monoisotopic (exact) mass is 397 g/mol. The highest BCUT2D eigenvalue weighted by Gasteiger charge is 2.33. The number of hydrogen-bond acceptors (Lipinski definition) is 6. The lowest BCUT2D eigenvalue weighted by Crippen LogP contribution is -2.55. The van der Waals surface area contributed by atoms with Gasteiger partial charge in [-0.1, -0.05) is 0 Å². The Morgan fingerprint density at radius 1 is 1.11 bits per heavy atom. The van der Waals surface area contributed by atoms with Crippen molar-refractivity contribution >= 4 is 15.9 Å². The number of amides is 1. The fourth-order valence-corrected chi connectivity index (χ4v) is 4.61. The van der Waals surface area contributed by atoms with Crippen molar-refractivity contribution in [3.05, 3.63) is 18.2 Å². The summed E-state index contributed by atoms with van der Waals surface area (Å²) in [5.41, 5.74) is 0. The van der Waals surface area contributed by atoms with Crippen LogP contribution in [0.15, 0.2) is 23.1 Å². The van der Waals surface area contributed by atoms with Gasteiger partial charge in [-0.2, -0.15) is 4.31 Å². The van der Waals surface area contributed by atoms with E-state index in [2.05, 4.69) is 5.32 Å². The molecule has 1 N–H and O–H groups in total. The Kier molecular flexibility index (Phi) is 5.92. The van der Waals surface area contributed by atoms with E-state index in [0.29, 0.717) is 43.7 Å². The van der Waals surface area contributed by atoms with Crippen LogP contribution in [-0.4, -0.2) is 76.0 Å². The molecule has 8 nitrogen and oxygen atoms in total. The zero-order chi connectivity index (χ0) is 19.6. The van der Waals surface area contributed by atoms with E-state index in [-0.39, 0.29) is 16.8 Å². The number of rotatable bonds is 7. The maximum atomic E-state index is 13.0. The van der Waals surface area contributed by atoms with Gasteiger partial charge in [0.05, 0.1) is 25.2 Å². The molecule has 0 bridgehead atoms. The lowest BCUT2D eigenvalue weighted by atomic mass is 10.2. The van der Waals surface area contributed by atoms with Crippen molar-refractivity contribution in [2.45, 2.75) is 36.7 Å². The lowest BCUT2D eigenvalue weighted by Gasteiger charge is -2.36. The van der Waals surface area contributed by atoms with Gasteiger partial charge in [0, 0.05) is 38.3 Å². The first-order valence-electron chi connectivity index (χ1n) is 9.13. The van der Waals surface area contributed by atoms with E-state index in [1.54, 1.807) is 6.07 Å². The second-order valence-electron chi connectivity index (χ2n) is 6.92. The van der Waals surface area contributed by atoms with Crippen LogP contribution in [-0.2, 0) is 14.8 Å². The fourth-order valence-electron chi connectivity index (χ4n) is 3.17. The zero-order valence-electron chi connectivity index (χ0n) is 16.0. The first-order chi connectivity index (χ1) is 12.9. The highest BCUT2D eigenvalue weighted by molar-refractivity contribution is 7.89. The summed E-state index contributed by atoms with van der Waals surface area (Å²) >= 11 is 0. The predicted molar refractivity (Wildman–Crippen MR) is 101 cm³/mol. The minimum Gasteiger partial charge on any atom is -0.493 e. The summed E-state index contributed by atoms with van der Waals surface area (Å²) in [6.45, 7) is 3.60. The van der Waals surface area contributed by atoms with E-state index in [1.807, 2.05) is 11.8 Å². The maximum absolute atomic E-state index is 13.0. The number of hydrogen-bond donors (Lipinski definition) is 1. The van der Waals surface area contributed by atoms with Crippen molar-refractivity contribution in [2.75, 3.05) is 40.4 Å². The minimum atomic E-state index is -3.63. The predicted octanol–water partition coefficient (Wildman–Crippen LogP) is 0.677. The van der Waals surface area contributed by atoms with Crippen molar-refractivity contribution in [3.63, 3.8) is 0 Å². The van der Waals surface area contributed by atoms with E-state index in [1.165, 1.54) is 30.7 Å². The molecular weight excluding hydrogens is 370 g/mol. The van der Waals surface area contributed by atoms with Crippen LogP contribution in [0.4, 0.5) is 0 Å². The highest BCUT2D eigenvalue weighted by Crippen LogP contribution is 2.31. The van der Waals surface area contributed by atoms with Crippen molar-refractivity contribution in [2.24, 2.45) is 0 Å². The molecule has 1 aromatic carbocycles. The van der Waals surface area contributed by atoms with Crippen LogP contribution in [0.25, 0.3) is 0 Å². The van der Waals surface area contributed by atoms with Gasteiger partial charge in [0.25, 0.3) is 0 Å². The Bertz CT molecular complexity index is 786. The zero-order valence-corrected chi connectivity index (χ0v) is 16.8. The van der Waals surface area contributed by atoms with Crippen molar-refractivity contribution in [1.82, 2.24) is 14.5 Å². The fraction of sp³-hybridized carbons (Fsp3) is 0.611. The summed E-state index contributed by atoms with van der Waals surface area (Å²) in [5, 5.41) is 3.00. The Balaban J connectivity index is 1.65. The smallest absolute Gasteiger partial charge is 0.243 e. The first-order valence-corrected chi connectivity index (χ1v) is 10.6. The Labute approximate surface area is 160 Å². The van der Waals surface area contributed by atoms with Crippen molar-refractivity contribution < 1.29 is 22.7 Å². The molecule has 0 spiro atoms. The number of piperazine rings is 1. The normalized spacial score (nSPS) is 20.1. The van der Waals surface area contributed by atoms with Crippen LogP contribution in [0.5, 0.6) is 11.5 Å². The number of nitrogens with one attached hydrogen (secondary N) is 1. The molecule has 1 amide bonds. The summed E-state index contributed by atoms with van der Waals surface area (Å²) in [7, 11) is -0.648. The van der Waals surface area contributed by atoms with E-state index in [0.717, 1.165) is 12.8 Å². The van der Waals surface area contributed by atoms with Gasteiger partial charge in [-0.3, -0.25) is 9.69 Å². The number of carbonyl (C=O) groups is 1. The van der Waals surface area contributed by atoms with Crippen LogP contribution in [0.1, 0.15) is 19.8 Å². The largest absolute Gasteiger partial charge is 0.493 e. The minimum absolute atomic E-state index is 0.0219. The Hall–Kier alpha value is -1.84. The van der Waals surface area contributed by atoms with Gasteiger partial charge in [-0.25, -0.2) is 8.42 Å². The second-order valence-corrected chi connectivity index (χ2v) is 8.85. The number of sulfonamides is 1. The number of nitrogens with zero attached hydrogens (tertiary/aromatic N) is 2. The average Bonchev–Trinajstić information content (AvgIpc) is 3.50.